The predicted octanol–water partition coefficient (Wildman–Crippen LogP) is 8.22. The lowest BCUT2D eigenvalue weighted by atomic mass is 9.65. The number of hydrogen-bond acceptors (Lipinski definition) is 5. The molecule has 5 heteroatoms. The van der Waals surface area contributed by atoms with Gasteiger partial charge in [-0.2, -0.15) is 0 Å². The van der Waals surface area contributed by atoms with Crippen LogP contribution in [0.15, 0.2) is 40.9 Å². The van der Waals surface area contributed by atoms with Gasteiger partial charge in [-0.25, -0.2) is 0 Å². The van der Waals surface area contributed by atoms with E-state index in [0.29, 0.717) is 61.5 Å². The molecule has 0 radical (unpaired) electrons. The molecule has 1 aromatic carbocycles. The van der Waals surface area contributed by atoms with Gasteiger partial charge in [-0.05, 0) is 41.9 Å². The molecule has 0 unspecified atom stereocenters. The molecule has 2 aliphatic carbocycles. The smallest absolute Gasteiger partial charge is 0.163 e. The number of carbonyl (C=O) groups excluding carboxylic acids is 2. The third kappa shape index (κ3) is 6.35. The quantitative estimate of drug-likeness (QED) is 0.274. The minimum Gasteiger partial charge on any atom is -0.490 e. The summed E-state index contributed by atoms with van der Waals surface area (Å²) in [7, 11) is 0. The van der Waals surface area contributed by atoms with Crippen LogP contribution in [0.3, 0.4) is 0 Å². The van der Waals surface area contributed by atoms with E-state index in [-0.39, 0.29) is 22.4 Å². The fourth-order valence-corrected chi connectivity index (χ4v) is 6.16. The van der Waals surface area contributed by atoms with E-state index in [1.807, 2.05) is 25.1 Å². The van der Waals surface area contributed by atoms with Crippen LogP contribution < -0.4 is 9.47 Å². The Morgan fingerprint density at radius 3 is 1.92 bits per heavy atom. The average Bonchev–Trinajstić information content (AvgIpc) is 2.81. The molecule has 0 amide bonds. The molecule has 5 nitrogen and oxygen atoms in total. The number of allylic oxidation sites excluding steroid dienone is 4. The summed E-state index contributed by atoms with van der Waals surface area (Å²) in [5, 5.41) is 0. The van der Waals surface area contributed by atoms with Crippen LogP contribution in [-0.4, -0.2) is 24.8 Å². The van der Waals surface area contributed by atoms with E-state index in [1.165, 1.54) is 25.7 Å². The second kappa shape index (κ2) is 11.7. The highest BCUT2D eigenvalue weighted by molar-refractivity contribution is 6.06. The van der Waals surface area contributed by atoms with Gasteiger partial charge >= 0.3 is 0 Å². The Morgan fingerprint density at radius 1 is 0.763 bits per heavy atom. The SMILES string of the molecule is CCCCCCCCOc1ccc(C2C3=C(CC(C)(C)CC3=O)OC3=C2C(=O)CC(C)(C)C3)cc1OCC. The van der Waals surface area contributed by atoms with Gasteiger partial charge in [0.05, 0.1) is 13.2 Å². The van der Waals surface area contributed by atoms with Crippen molar-refractivity contribution < 1.29 is 23.8 Å². The first-order chi connectivity index (χ1) is 18.0. The third-order valence-electron chi connectivity index (χ3n) is 7.94. The van der Waals surface area contributed by atoms with Crippen molar-refractivity contribution in [3.8, 4) is 11.5 Å². The largest absolute Gasteiger partial charge is 0.490 e. The van der Waals surface area contributed by atoms with Gasteiger partial charge < -0.3 is 14.2 Å². The normalized spacial score (nSPS) is 20.7. The zero-order chi connectivity index (χ0) is 27.5. The lowest BCUT2D eigenvalue weighted by Crippen LogP contribution is -2.37. The summed E-state index contributed by atoms with van der Waals surface area (Å²) in [6.45, 7) is 13.8. The van der Waals surface area contributed by atoms with E-state index < -0.39 is 5.92 Å². The number of unbranched alkanes of at least 4 members (excludes halogenated alkanes) is 5. The molecule has 1 heterocycles. The van der Waals surface area contributed by atoms with Crippen molar-refractivity contribution in [2.24, 2.45) is 10.8 Å². The maximum atomic E-state index is 13.6. The van der Waals surface area contributed by atoms with Crippen molar-refractivity contribution in [3.63, 3.8) is 0 Å². The molecule has 0 saturated heterocycles. The Labute approximate surface area is 229 Å². The number of ether oxygens (including phenoxy) is 3. The molecular weight excluding hydrogens is 476 g/mol. The van der Waals surface area contributed by atoms with Crippen LogP contribution >= 0.6 is 0 Å². The van der Waals surface area contributed by atoms with Crippen molar-refractivity contribution in [1.29, 1.82) is 0 Å². The Kier molecular flexibility index (Phi) is 8.74. The average molecular weight is 523 g/mol. The molecule has 0 atom stereocenters. The molecule has 0 saturated carbocycles. The van der Waals surface area contributed by atoms with E-state index in [0.717, 1.165) is 29.9 Å². The number of rotatable bonds is 11. The summed E-state index contributed by atoms with van der Waals surface area (Å²) in [5.41, 5.74) is 1.86. The molecule has 0 fully saturated rings. The minimum absolute atomic E-state index is 0.0757. The number of ketones is 2. The van der Waals surface area contributed by atoms with Gasteiger partial charge in [0.2, 0.25) is 0 Å². The van der Waals surface area contributed by atoms with Gasteiger partial charge in [0.1, 0.15) is 11.5 Å². The molecule has 0 bridgehead atoms. The molecule has 208 valence electrons. The standard InChI is InChI=1S/C33H46O5/c1-7-9-10-11-12-13-16-37-25-15-14-22(17-26(25)36-8-2)29-30-23(34)18-32(3,4)20-27(30)38-28-21-33(5,6)19-24(35)31(28)29/h14-15,17,29H,7-13,16,18-21H2,1-6H3. The Balaban J connectivity index is 1.66. The maximum absolute atomic E-state index is 13.6. The molecule has 0 N–H and O–H groups in total. The zero-order valence-corrected chi connectivity index (χ0v) is 24.3. The minimum atomic E-state index is -0.423. The van der Waals surface area contributed by atoms with Gasteiger partial charge in [0.25, 0.3) is 0 Å². The van der Waals surface area contributed by atoms with Crippen molar-refractivity contribution in [2.45, 2.75) is 112 Å². The lowest BCUT2D eigenvalue weighted by Gasteiger charge is -2.42. The molecule has 3 aliphatic rings. The van der Waals surface area contributed by atoms with Crippen LogP contribution in [0.5, 0.6) is 11.5 Å². The molecule has 4 rings (SSSR count). The van der Waals surface area contributed by atoms with E-state index in [2.05, 4.69) is 34.6 Å². The van der Waals surface area contributed by atoms with Crippen molar-refractivity contribution >= 4 is 11.6 Å². The van der Waals surface area contributed by atoms with Crippen molar-refractivity contribution in [1.82, 2.24) is 0 Å². The topological polar surface area (TPSA) is 61.8 Å². The Bertz CT molecular complexity index is 1070. The van der Waals surface area contributed by atoms with E-state index in [4.69, 9.17) is 14.2 Å². The summed E-state index contributed by atoms with van der Waals surface area (Å²) in [6.07, 6.45) is 9.51. The molecule has 0 spiro atoms. The van der Waals surface area contributed by atoms with E-state index >= 15 is 0 Å². The summed E-state index contributed by atoms with van der Waals surface area (Å²) in [4.78, 5) is 27.1. The summed E-state index contributed by atoms with van der Waals surface area (Å²) < 4.78 is 18.6. The van der Waals surface area contributed by atoms with Gasteiger partial charge in [-0.3, -0.25) is 9.59 Å². The van der Waals surface area contributed by atoms with Crippen LogP contribution in [0.2, 0.25) is 0 Å². The first-order valence-corrected chi connectivity index (χ1v) is 14.6. The van der Waals surface area contributed by atoms with E-state index in [9.17, 15) is 9.59 Å². The number of benzene rings is 1. The summed E-state index contributed by atoms with van der Waals surface area (Å²) >= 11 is 0. The zero-order valence-electron chi connectivity index (χ0n) is 24.3. The molecular formula is C33H46O5. The highest BCUT2D eigenvalue weighted by Crippen LogP contribution is 2.53. The Morgan fingerprint density at radius 2 is 1.34 bits per heavy atom. The van der Waals surface area contributed by atoms with Crippen molar-refractivity contribution in [2.75, 3.05) is 13.2 Å². The predicted molar refractivity (Wildman–Crippen MR) is 150 cm³/mol. The highest BCUT2D eigenvalue weighted by atomic mass is 16.5. The number of hydrogen-bond donors (Lipinski definition) is 0. The first-order valence-electron chi connectivity index (χ1n) is 14.6. The second-order valence-electron chi connectivity index (χ2n) is 12.8. The van der Waals surface area contributed by atoms with Gasteiger partial charge in [-0.1, -0.05) is 72.8 Å². The summed E-state index contributed by atoms with van der Waals surface area (Å²) in [6, 6.07) is 5.93. The fourth-order valence-electron chi connectivity index (χ4n) is 6.16. The molecule has 1 aliphatic heterocycles. The maximum Gasteiger partial charge on any atom is 0.163 e. The molecule has 0 aromatic heterocycles. The lowest BCUT2D eigenvalue weighted by molar-refractivity contribution is -0.120. The number of carbonyl (C=O) groups is 2. The third-order valence-corrected chi connectivity index (χ3v) is 7.94. The summed E-state index contributed by atoms with van der Waals surface area (Å²) in [5.74, 6) is 2.58. The van der Waals surface area contributed by atoms with Gasteiger partial charge in [-0.15, -0.1) is 0 Å². The van der Waals surface area contributed by atoms with Crippen LogP contribution in [-0.2, 0) is 14.3 Å². The number of Topliss-reactive ketones (excluding diaryl/α,β-unsaturated/α-hetero) is 2. The van der Waals surface area contributed by atoms with Crippen LogP contribution in [0.25, 0.3) is 0 Å². The van der Waals surface area contributed by atoms with Gasteiger partial charge in [0, 0.05) is 42.7 Å². The van der Waals surface area contributed by atoms with Crippen LogP contribution in [0.4, 0.5) is 0 Å². The van der Waals surface area contributed by atoms with Gasteiger partial charge in [0.15, 0.2) is 23.1 Å². The molecule has 1 aromatic rings. The highest BCUT2D eigenvalue weighted by Gasteiger charge is 2.47. The van der Waals surface area contributed by atoms with Crippen molar-refractivity contribution in [3.05, 3.63) is 46.4 Å². The molecule has 38 heavy (non-hydrogen) atoms. The monoisotopic (exact) mass is 522 g/mol. The van der Waals surface area contributed by atoms with Crippen LogP contribution in [0, 0.1) is 10.8 Å². The second-order valence-corrected chi connectivity index (χ2v) is 12.8. The fraction of sp³-hybridized carbons (Fsp3) is 0.636. The first kappa shape index (κ1) is 28.4. The van der Waals surface area contributed by atoms with Crippen LogP contribution in [0.1, 0.15) is 117 Å². The Hall–Kier alpha value is -2.56. The van der Waals surface area contributed by atoms with E-state index in [1.54, 1.807) is 0 Å².